The van der Waals surface area contributed by atoms with Gasteiger partial charge in [-0.1, -0.05) is 6.07 Å². The minimum absolute atomic E-state index is 0.371. The predicted octanol–water partition coefficient (Wildman–Crippen LogP) is 1.99. The van der Waals surface area contributed by atoms with Crippen LogP contribution in [0.15, 0.2) is 12.1 Å². The summed E-state index contributed by atoms with van der Waals surface area (Å²) in [4.78, 5) is 0. The first-order valence-corrected chi connectivity index (χ1v) is 2.77. The van der Waals surface area contributed by atoms with Gasteiger partial charge in [-0.15, -0.1) is 0 Å². The van der Waals surface area contributed by atoms with Crippen LogP contribution in [0.4, 0.5) is 13.2 Å². The smallest absolute Gasteiger partial charge is 0.194 e. The van der Waals surface area contributed by atoms with Crippen molar-refractivity contribution in [2.45, 2.75) is 0 Å². The third-order valence-corrected chi connectivity index (χ3v) is 1.20. The number of halogens is 3. The summed E-state index contributed by atoms with van der Waals surface area (Å²) >= 11 is 0. The van der Waals surface area contributed by atoms with Gasteiger partial charge in [0.05, 0.1) is 0 Å². The molecule has 0 fully saturated rings. The van der Waals surface area contributed by atoms with Crippen molar-refractivity contribution in [2.24, 2.45) is 0 Å². The molecule has 0 aromatic heterocycles. The first-order chi connectivity index (χ1) is 5.16. The average molecular weight is 161 g/mol. The second-order valence-corrected chi connectivity index (χ2v) is 1.89. The third-order valence-electron chi connectivity index (χ3n) is 1.20. The fraction of sp³-hybridized carbons (Fsp3) is 0. The van der Waals surface area contributed by atoms with E-state index in [0.717, 1.165) is 12.1 Å². The van der Waals surface area contributed by atoms with E-state index in [9.17, 15) is 13.2 Å². The van der Waals surface area contributed by atoms with Crippen LogP contribution in [0.5, 0.6) is 0 Å². The molecule has 0 amide bonds. The molecule has 1 N–H and O–H groups in total. The van der Waals surface area contributed by atoms with E-state index in [-0.39, 0.29) is 5.56 Å². The topological polar surface area (TPSA) is 20.2 Å². The van der Waals surface area contributed by atoms with E-state index in [1.165, 1.54) is 0 Å². The van der Waals surface area contributed by atoms with Gasteiger partial charge in [-0.05, 0) is 6.07 Å². The highest BCUT2D eigenvalue weighted by atomic mass is 19.2. The fourth-order valence-corrected chi connectivity index (χ4v) is 0.641. The molecule has 0 spiro atoms. The number of rotatable bonds is 1. The molecule has 0 unspecified atom stereocenters. The Morgan fingerprint density at radius 1 is 1.09 bits per heavy atom. The van der Waals surface area contributed by atoms with Gasteiger partial charge < -0.3 is 5.11 Å². The molecule has 11 heavy (non-hydrogen) atoms. The van der Waals surface area contributed by atoms with Gasteiger partial charge in [-0.25, -0.2) is 13.2 Å². The van der Waals surface area contributed by atoms with Crippen LogP contribution >= 0.6 is 0 Å². The highest BCUT2D eigenvalue weighted by Gasteiger charge is 2.11. The molecular formula is C7H4F3O. The molecular weight excluding hydrogens is 157 g/mol. The van der Waals surface area contributed by atoms with E-state index in [4.69, 9.17) is 5.11 Å². The van der Waals surface area contributed by atoms with Crippen molar-refractivity contribution < 1.29 is 18.3 Å². The summed E-state index contributed by atoms with van der Waals surface area (Å²) in [6.07, 6.45) is 0. The fourth-order valence-electron chi connectivity index (χ4n) is 0.641. The monoisotopic (exact) mass is 161 g/mol. The van der Waals surface area contributed by atoms with Gasteiger partial charge in [0.1, 0.15) is 6.61 Å². The van der Waals surface area contributed by atoms with Crippen LogP contribution < -0.4 is 0 Å². The molecule has 0 aliphatic carbocycles. The lowest BCUT2D eigenvalue weighted by Crippen LogP contribution is -1.95. The molecule has 0 atom stereocenters. The van der Waals surface area contributed by atoms with Crippen molar-refractivity contribution in [3.05, 3.63) is 41.8 Å². The van der Waals surface area contributed by atoms with Crippen LogP contribution in [0.2, 0.25) is 0 Å². The van der Waals surface area contributed by atoms with Crippen molar-refractivity contribution in [1.82, 2.24) is 0 Å². The Morgan fingerprint density at radius 2 is 1.73 bits per heavy atom. The number of hydrogen-bond donors (Lipinski definition) is 1. The van der Waals surface area contributed by atoms with E-state index in [1.54, 1.807) is 0 Å². The first-order valence-electron chi connectivity index (χ1n) is 2.77. The zero-order valence-corrected chi connectivity index (χ0v) is 5.31. The lowest BCUT2D eigenvalue weighted by atomic mass is 10.2. The standard InChI is InChI=1S/C7H4F3O/c8-5-2-1-4(3-11)6(9)7(5)10/h1-3,11H. The zero-order chi connectivity index (χ0) is 8.43. The SMILES string of the molecule is O[CH]c1ccc(F)c(F)c1F. The molecule has 4 heteroatoms. The van der Waals surface area contributed by atoms with Crippen molar-refractivity contribution >= 4 is 0 Å². The molecule has 0 saturated heterocycles. The number of benzene rings is 1. The maximum absolute atomic E-state index is 12.5. The molecule has 1 nitrogen and oxygen atoms in total. The molecule has 0 bridgehead atoms. The highest BCUT2D eigenvalue weighted by Crippen LogP contribution is 2.15. The Morgan fingerprint density at radius 3 is 2.27 bits per heavy atom. The summed E-state index contributed by atoms with van der Waals surface area (Å²) in [6, 6.07) is 1.67. The molecule has 59 valence electrons. The molecule has 1 aromatic rings. The lowest BCUT2D eigenvalue weighted by molar-refractivity contribution is 0.393. The quantitative estimate of drug-likeness (QED) is 0.624. The Labute approximate surface area is 61.1 Å². The van der Waals surface area contributed by atoms with Crippen molar-refractivity contribution in [2.75, 3.05) is 0 Å². The summed E-state index contributed by atoms with van der Waals surface area (Å²) < 4.78 is 36.9. The van der Waals surface area contributed by atoms with Gasteiger partial charge in [0.25, 0.3) is 0 Å². The van der Waals surface area contributed by atoms with E-state index < -0.39 is 17.5 Å². The molecule has 1 rings (SSSR count). The van der Waals surface area contributed by atoms with Crippen LogP contribution in [-0.2, 0) is 0 Å². The zero-order valence-electron chi connectivity index (χ0n) is 5.31. The normalized spacial score (nSPS) is 10.2. The van der Waals surface area contributed by atoms with Crippen LogP contribution in [0.3, 0.4) is 0 Å². The maximum atomic E-state index is 12.5. The second-order valence-electron chi connectivity index (χ2n) is 1.89. The second kappa shape index (κ2) is 2.92. The van der Waals surface area contributed by atoms with Gasteiger partial charge in [-0.3, -0.25) is 0 Å². The van der Waals surface area contributed by atoms with Crippen LogP contribution in [0.25, 0.3) is 0 Å². The van der Waals surface area contributed by atoms with Crippen molar-refractivity contribution in [1.29, 1.82) is 0 Å². The van der Waals surface area contributed by atoms with Crippen LogP contribution in [0, 0.1) is 24.1 Å². The minimum atomic E-state index is -1.58. The Bertz CT molecular complexity index is 273. The van der Waals surface area contributed by atoms with Gasteiger partial charge in [0, 0.05) is 5.56 Å². The number of hydrogen-bond acceptors (Lipinski definition) is 1. The summed E-state index contributed by atoms with van der Waals surface area (Å²) in [5.41, 5.74) is -0.371. The summed E-state index contributed by atoms with van der Waals surface area (Å²) in [5, 5.41) is 8.28. The Balaban J connectivity index is 3.25. The summed E-state index contributed by atoms with van der Waals surface area (Å²) in [7, 11) is 0. The summed E-state index contributed by atoms with van der Waals surface area (Å²) in [6.45, 7) is 0.373. The van der Waals surface area contributed by atoms with Crippen molar-refractivity contribution in [3.8, 4) is 0 Å². The van der Waals surface area contributed by atoms with Crippen LogP contribution in [0.1, 0.15) is 5.56 Å². The third kappa shape index (κ3) is 1.35. The minimum Gasteiger partial charge on any atom is -0.385 e. The van der Waals surface area contributed by atoms with E-state index in [0.29, 0.717) is 6.61 Å². The number of aliphatic hydroxyl groups is 1. The lowest BCUT2D eigenvalue weighted by Gasteiger charge is -1.98. The van der Waals surface area contributed by atoms with Crippen LogP contribution in [-0.4, -0.2) is 5.11 Å². The van der Waals surface area contributed by atoms with Gasteiger partial charge in [0.15, 0.2) is 17.5 Å². The molecule has 0 aliphatic rings. The molecule has 0 heterocycles. The summed E-state index contributed by atoms with van der Waals surface area (Å²) in [5.74, 6) is -4.23. The Hall–Kier alpha value is -1.03. The predicted molar refractivity (Wildman–Crippen MR) is 31.7 cm³/mol. The van der Waals surface area contributed by atoms with Gasteiger partial charge in [0.2, 0.25) is 0 Å². The van der Waals surface area contributed by atoms with E-state index >= 15 is 0 Å². The Kier molecular flexibility index (Phi) is 2.14. The van der Waals surface area contributed by atoms with Crippen molar-refractivity contribution in [3.63, 3.8) is 0 Å². The average Bonchev–Trinajstić information content (AvgIpc) is 2.01. The van der Waals surface area contributed by atoms with Gasteiger partial charge in [-0.2, -0.15) is 0 Å². The molecule has 0 saturated carbocycles. The van der Waals surface area contributed by atoms with E-state index in [2.05, 4.69) is 0 Å². The van der Waals surface area contributed by atoms with E-state index in [1.807, 2.05) is 0 Å². The van der Waals surface area contributed by atoms with Gasteiger partial charge >= 0.3 is 0 Å². The maximum Gasteiger partial charge on any atom is 0.194 e. The highest BCUT2D eigenvalue weighted by molar-refractivity contribution is 5.24. The molecule has 1 radical (unpaired) electrons. The largest absolute Gasteiger partial charge is 0.385 e. The molecule has 0 aliphatic heterocycles. The molecule has 1 aromatic carbocycles. The first kappa shape index (κ1) is 8.07. The number of aliphatic hydroxyl groups excluding tert-OH is 1.